The number of nitrogens with two attached hydrogens (primary N) is 1. The molecular weight excluding hydrogens is 271 g/mol. The Morgan fingerprint density at radius 3 is 2.61 bits per heavy atom. The van der Waals surface area contributed by atoms with E-state index in [1.165, 1.54) is 6.07 Å². The van der Waals surface area contributed by atoms with E-state index in [9.17, 15) is 4.79 Å². The van der Waals surface area contributed by atoms with Gasteiger partial charge < -0.3 is 11.1 Å². The molecule has 2 aromatic carbocycles. The molecule has 3 N–H and O–H groups in total. The number of hydrogen-bond acceptors (Lipinski definition) is 2. The molecule has 0 fully saturated rings. The van der Waals surface area contributed by atoms with E-state index >= 15 is 0 Å². The van der Waals surface area contributed by atoms with Gasteiger partial charge in [0.15, 0.2) is 0 Å². The van der Waals surface area contributed by atoms with Crippen molar-refractivity contribution in [2.45, 2.75) is 0 Å². The van der Waals surface area contributed by atoms with Crippen LogP contribution in [0.3, 0.4) is 0 Å². The second kappa shape index (κ2) is 5.29. The lowest BCUT2D eigenvalue weighted by molar-refractivity contribution is 0.102. The molecule has 0 aliphatic rings. The van der Waals surface area contributed by atoms with Crippen LogP contribution < -0.4 is 11.1 Å². The third kappa shape index (κ3) is 2.94. The fourth-order valence-electron chi connectivity index (χ4n) is 1.48. The quantitative estimate of drug-likeness (QED) is 0.822. The maximum Gasteiger partial charge on any atom is 0.257 e. The van der Waals surface area contributed by atoms with E-state index in [4.69, 9.17) is 28.9 Å². The molecule has 0 atom stereocenters. The summed E-state index contributed by atoms with van der Waals surface area (Å²) in [6.07, 6.45) is 0. The summed E-state index contributed by atoms with van der Waals surface area (Å²) in [5.74, 6) is -0.324. The van der Waals surface area contributed by atoms with E-state index < -0.39 is 0 Å². The van der Waals surface area contributed by atoms with Gasteiger partial charge >= 0.3 is 0 Å². The molecule has 0 aliphatic heterocycles. The van der Waals surface area contributed by atoms with Gasteiger partial charge in [0.1, 0.15) is 0 Å². The molecule has 1 amide bonds. The van der Waals surface area contributed by atoms with Crippen molar-refractivity contribution >= 4 is 40.5 Å². The van der Waals surface area contributed by atoms with Crippen LogP contribution in [0, 0.1) is 0 Å². The van der Waals surface area contributed by atoms with Crippen LogP contribution in [-0.2, 0) is 0 Å². The Morgan fingerprint density at radius 1 is 1.11 bits per heavy atom. The smallest absolute Gasteiger partial charge is 0.257 e. The van der Waals surface area contributed by atoms with Gasteiger partial charge in [-0.1, -0.05) is 29.3 Å². The Labute approximate surface area is 115 Å². The first kappa shape index (κ1) is 12.7. The van der Waals surface area contributed by atoms with Crippen molar-refractivity contribution in [3.63, 3.8) is 0 Å². The van der Waals surface area contributed by atoms with Crippen LogP contribution in [0.1, 0.15) is 10.4 Å². The molecule has 3 nitrogen and oxygen atoms in total. The van der Waals surface area contributed by atoms with Crippen LogP contribution in [0.4, 0.5) is 11.4 Å². The third-order valence-electron chi connectivity index (χ3n) is 2.32. The van der Waals surface area contributed by atoms with Gasteiger partial charge in [-0.05, 0) is 36.4 Å². The van der Waals surface area contributed by atoms with Crippen molar-refractivity contribution in [3.8, 4) is 0 Å². The Morgan fingerprint density at radius 2 is 1.89 bits per heavy atom. The summed E-state index contributed by atoms with van der Waals surface area (Å²) >= 11 is 11.8. The third-order valence-corrected chi connectivity index (χ3v) is 2.88. The van der Waals surface area contributed by atoms with Gasteiger partial charge in [-0.25, -0.2) is 0 Å². The van der Waals surface area contributed by atoms with E-state index in [2.05, 4.69) is 5.32 Å². The lowest BCUT2D eigenvalue weighted by atomic mass is 10.2. The monoisotopic (exact) mass is 280 g/mol. The van der Waals surface area contributed by atoms with Crippen LogP contribution in [0.5, 0.6) is 0 Å². The van der Waals surface area contributed by atoms with Gasteiger partial charge in [-0.2, -0.15) is 0 Å². The van der Waals surface area contributed by atoms with Gasteiger partial charge in [-0.15, -0.1) is 0 Å². The molecule has 0 bridgehead atoms. The lowest BCUT2D eigenvalue weighted by Crippen LogP contribution is -2.12. The van der Waals surface area contributed by atoms with E-state index in [1.54, 1.807) is 36.4 Å². The molecule has 0 saturated heterocycles. The molecular formula is C13H10Cl2N2O. The molecule has 92 valence electrons. The van der Waals surface area contributed by atoms with Gasteiger partial charge in [-0.3, -0.25) is 4.79 Å². The molecule has 5 heteroatoms. The summed E-state index contributed by atoms with van der Waals surface area (Å²) in [5, 5.41) is 3.60. The van der Waals surface area contributed by atoms with Crippen molar-refractivity contribution in [2.24, 2.45) is 0 Å². The summed E-state index contributed by atoms with van der Waals surface area (Å²) in [4.78, 5) is 12.0. The molecule has 18 heavy (non-hydrogen) atoms. The van der Waals surface area contributed by atoms with E-state index in [1.807, 2.05) is 0 Å². The SMILES string of the molecule is Nc1ccc(Cl)c(C(=O)Nc2cccc(Cl)c2)c1. The zero-order valence-electron chi connectivity index (χ0n) is 9.28. The highest BCUT2D eigenvalue weighted by molar-refractivity contribution is 6.34. The molecule has 0 unspecified atom stereocenters. The number of amides is 1. The van der Waals surface area contributed by atoms with E-state index in [0.717, 1.165) is 0 Å². The van der Waals surface area contributed by atoms with Crippen LogP contribution in [-0.4, -0.2) is 5.91 Å². The molecule has 0 saturated carbocycles. The summed E-state index contributed by atoms with van der Waals surface area (Å²) < 4.78 is 0. The standard InChI is InChI=1S/C13H10Cl2N2O/c14-8-2-1-3-10(6-8)17-13(18)11-7-9(16)4-5-12(11)15/h1-7H,16H2,(H,17,18). The number of anilines is 2. The van der Waals surface area contributed by atoms with Crippen LogP contribution in [0.25, 0.3) is 0 Å². The molecule has 0 aromatic heterocycles. The first-order valence-electron chi connectivity index (χ1n) is 5.18. The fraction of sp³-hybridized carbons (Fsp3) is 0. The Bertz CT molecular complexity index is 599. The minimum absolute atomic E-state index is 0.324. The van der Waals surface area contributed by atoms with E-state index in [0.29, 0.717) is 27.0 Å². The predicted molar refractivity (Wildman–Crippen MR) is 75.3 cm³/mol. The summed E-state index contributed by atoms with van der Waals surface area (Å²) in [5.41, 5.74) is 7.04. The first-order valence-corrected chi connectivity index (χ1v) is 5.94. The zero-order chi connectivity index (χ0) is 13.1. The topological polar surface area (TPSA) is 55.1 Å². The molecule has 0 aliphatic carbocycles. The highest BCUT2D eigenvalue weighted by Gasteiger charge is 2.11. The first-order chi connectivity index (χ1) is 8.56. The van der Waals surface area contributed by atoms with Crippen LogP contribution in [0.15, 0.2) is 42.5 Å². The van der Waals surface area contributed by atoms with Crippen LogP contribution in [0.2, 0.25) is 10.0 Å². The number of carbonyl (C=O) groups is 1. The summed E-state index contributed by atoms with van der Waals surface area (Å²) in [7, 11) is 0. The number of halogens is 2. The van der Waals surface area contributed by atoms with E-state index in [-0.39, 0.29) is 5.91 Å². The lowest BCUT2D eigenvalue weighted by Gasteiger charge is -2.07. The van der Waals surface area contributed by atoms with Gasteiger partial charge in [0.05, 0.1) is 10.6 Å². The number of nitrogen functional groups attached to an aromatic ring is 1. The highest BCUT2D eigenvalue weighted by Crippen LogP contribution is 2.21. The molecule has 0 radical (unpaired) electrons. The van der Waals surface area contributed by atoms with Crippen molar-refractivity contribution in [1.82, 2.24) is 0 Å². The number of carbonyl (C=O) groups excluding carboxylic acids is 1. The van der Waals surface area contributed by atoms with Crippen molar-refractivity contribution < 1.29 is 4.79 Å². The maximum atomic E-state index is 12.0. The molecule has 2 aromatic rings. The Balaban J connectivity index is 2.24. The number of rotatable bonds is 2. The van der Waals surface area contributed by atoms with Gasteiger partial charge in [0.25, 0.3) is 5.91 Å². The molecule has 0 heterocycles. The summed E-state index contributed by atoms with van der Waals surface area (Å²) in [6, 6.07) is 11.6. The molecule has 0 spiro atoms. The van der Waals surface area contributed by atoms with Crippen molar-refractivity contribution in [2.75, 3.05) is 11.1 Å². The second-order valence-electron chi connectivity index (χ2n) is 3.70. The Hall–Kier alpha value is -1.71. The fourth-order valence-corrected chi connectivity index (χ4v) is 1.88. The summed E-state index contributed by atoms with van der Waals surface area (Å²) in [6.45, 7) is 0. The van der Waals surface area contributed by atoms with Gasteiger partial charge in [0.2, 0.25) is 0 Å². The average Bonchev–Trinajstić information content (AvgIpc) is 2.32. The minimum Gasteiger partial charge on any atom is -0.399 e. The largest absolute Gasteiger partial charge is 0.399 e. The highest BCUT2D eigenvalue weighted by atomic mass is 35.5. The Kier molecular flexibility index (Phi) is 3.75. The predicted octanol–water partition coefficient (Wildman–Crippen LogP) is 3.83. The molecule has 2 rings (SSSR count). The maximum absolute atomic E-state index is 12.0. The second-order valence-corrected chi connectivity index (χ2v) is 4.55. The zero-order valence-corrected chi connectivity index (χ0v) is 10.8. The van der Waals surface area contributed by atoms with Crippen molar-refractivity contribution in [1.29, 1.82) is 0 Å². The van der Waals surface area contributed by atoms with Crippen LogP contribution >= 0.6 is 23.2 Å². The van der Waals surface area contributed by atoms with Gasteiger partial charge in [0, 0.05) is 16.4 Å². The average molecular weight is 281 g/mol. The normalized spacial score (nSPS) is 10.1. The number of hydrogen-bond donors (Lipinski definition) is 2. The number of benzene rings is 2. The number of nitrogens with one attached hydrogen (secondary N) is 1. The minimum atomic E-state index is -0.324. The van der Waals surface area contributed by atoms with Crippen molar-refractivity contribution in [3.05, 3.63) is 58.1 Å².